The van der Waals surface area contributed by atoms with Crippen molar-refractivity contribution >= 4 is 5.69 Å². The summed E-state index contributed by atoms with van der Waals surface area (Å²) in [5.74, 6) is 0.774. The van der Waals surface area contributed by atoms with E-state index in [4.69, 9.17) is 10.5 Å². The van der Waals surface area contributed by atoms with Gasteiger partial charge in [-0.2, -0.15) is 10.2 Å². The molecule has 0 radical (unpaired) electrons. The molecule has 0 aliphatic rings. The predicted octanol–water partition coefficient (Wildman–Crippen LogP) is 2.76. The average Bonchev–Trinajstić information content (AvgIpc) is 2.52. The highest BCUT2D eigenvalue weighted by Gasteiger charge is 2.10. The van der Waals surface area contributed by atoms with Gasteiger partial charge in [-0.15, -0.1) is 0 Å². The molecule has 2 aromatic rings. The molecule has 0 unspecified atom stereocenters. The quantitative estimate of drug-likeness (QED) is 0.919. The fourth-order valence-electron chi connectivity index (χ4n) is 2.06. The van der Waals surface area contributed by atoms with E-state index in [9.17, 15) is 0 Å². The van der Waals surface area contributed by atoms with Crippen LogP contribution in [0.4, 0.5) is 5.69 Å². The Labute approximate surface area is 131 Å². The highest BCUT2D eigenvalue weighted by molar-refractivity contribution is 5.71. The van der Waals surface area contributed by atoms with Gasteiger partial charge in [0.15, 0.2) is 0 Å². The first-order valence-electron chi connectivity index (χ1n) is 7.13. The maximum Gasteiger partial charge on any atom is 0.130 e. The summed E-state index contributed by atoms with van der Waals surface area (Å²) in [4.78, 5) is 2.10. The molecule has 0 atom stereocenters. The highest BCUT2D eigenvalue weighted by Crippen LogP contribution is 2.32. The monoisotopic (exact) mass is 298 g/mol. The summed E-state index contributed by atoms with van der Waals surface area (Å²) in [6.45, 7) is 4.54. The zero-order chi connectivity index (χ0) is 16.1. The number of likely N-dealkylation sites (N-methyl/N-ethyl adjacent to an activating group) is 1. The number of benzene rings is 1. The van der Waals surface area contributed by atoms with Crippen LogP contribution in [-0.4, -0.2) is 30.9 Å². The second-order valence-electron chi connectivity index (χ2n) is 5.27. The van der Waals surface area contributed by atoms with Gasteiger partial charge >= 0.3 is 0 Å². The van der Waals surface area contributed by atoms with E-state index in [0.29, 0.717) is 0 Å². The Hall–Kier alpha value is -2.56. The molecular weight excluding hydrogens is 276 g/mol. The van der Waals surface area contributed by atoms with Gasteiger partial charge in [-0.25, -0.2) is 0 Å². The van der Waals surface area contributed by atoms with Crippen LogP contribution in [0.3, 0.4) is 0 Å². The van der Waals surface area contributed by atoms with Crippen LogP contribution in [-0.2, 0) is 0 Å². The van der Waals surface area contributed by atoms with Crippen molar-refractivity contribution in [3.05, 3.63) is 47.8 Å². The van der Waals surface area contributed by atoms with E-state index in [1.54, 1.807) is 7.11 Å². The normalized spacial score (nSPS) is 11.4. The van der Waals surface area contributed by atoms with Crippen molar-refractivity contribution in [2.24, 2.45) is 5.73 Å². The Balaban J connectivity index is 2.31. The minimum atomic E-state index is 0.745. The molecule has 0 spiro atoms. The molecule has 0 amide bonds. The maximum atomic E-state index is 5.68. The lowest BCUT2D eigenvalue weighted by molar-refractivity contribution is 0.416. The molecule has 0 saturated heterocycles. The Bertz CT molecular complexity index is 661. The fraction of sp³-hybridized carbons (Fsp3) is 0.294. The molecule has 0 saturated carbocycles. The number of allylic oxidation sites excluding steroid dienone is 1. The van der Waals surface area contributed by atoms with Crippen LogP contribution in [0.25, 0.3) is 11.3 Å². The first kappa shape index (κ1) is 15.8. The summed E-state index contributed by atoms with van der Waals surface area (Å²) in [5.41, 5.74) is 10.2. The Morgan fingerprint density at radius 1 is 1.27 bits per heavy atom. The third-order valence-electron chi connectivity index (χ3n) is 3.39. The SMILES string of the molecule is COc1cc(N(C)C/C=C(/C)N)ccc1-c1ccc(C)nn1. The third kappa shape index (κ3) is 3.75. The van der Waals surface area contributed by atoms with Crippen molar-refractivity contribution in [3.63, 3.8) is 0 Å². The number of nitrogens with zero attached hydrogens (tertiary/aromatic N) is 3. The number of methoxy groups -OCH3 is 1. The van der Waals surface area contributed by atoms with Gasteiger partial charge in [0.2, 0.25) is 0 Å². The highest BCUT2D eigenvalue weighted by atomic mass is 16.5. The lowest BCUT2D eigenvalue weighted by Gasteiger charge is -2.19. The third-order valence-corrected chi connectivity index (χ3v) is 3.39. The number of rotatable bonds is 5. The molecule has 2 N–H and O–H groups in total. The second kappa shape index (κ2) is 6.93. The average molecular weight is 298 g/mol. The minimum Gasteiger partial charge on any atom is -0.496 e. The topological polar surface area (TPSA) is 64.3 Å². The molecule has 1 heterocycles. The van der Waals surface area contributed by atoms with Crippen molar-refractivity contribution in [3.8, 4) is 17.0 Å². The molecule has 5 nitrogen and oxygen atoms in total. The Morgan fingerprint density at radius 2 is 2.05 bits per heavy atom. The van der Waals surface area contributed by atoms with E-state index in [1.165, 1.54) is 0 Å². The number of anilines is 1. The number of hydrogen-bond donors (Lipinski definition) is 1. The van der Waals surface area contributed by atoms with Gasteiger partial charge in [0.1, 0.15) is 5.75 Å². The van der Waals surface area contributed by atoms with Gasteiger partial charge in [0.05, 0.1) is 18.5 Å². The zero-order valence-corrected chi connectivity index (χ0v) is 13.5. The fourth-order valence-corrected chi connectivity index (χ4v) is 2.06. The van der Waals surface area contributed by atoms with Gasteiger partial charge in [-0.1, -0.05) is 0 Å². The van der Waals surface area contributed by atoms with Crippen LogP contribution < -0.4 is 15.4 Å². The molecule has 116 valence electrons. The second-order valence-corrected chi connectivity index (χ2v) is 5.27. The maximum absolute atomic E-state index is 5.68. The lowest BCUT2D eigenvalue weighted by atomic mass is 10.1. The standard InChI is InChI=1S/C17H22N4O/c1-12(18)9-10-21(3)14-6-7-15(17(11-14)22-4)16-8-5-13(2)19-20-16/h5-9,11H,10,18H2,1-4H3/b12-9-. The van der Waals surface area contributed by atoms with Crippen LogP contribution in [0, 0.1) is 6.92 Å². The van der Waals surface area contributed by atoms with Crippen molar-refractivity contribution < 1.29 is 4.74 Å². The molecule has 0 bridgehead atoms. The summed E-state index contributed by atoms with van der Waals surface area (Å²) in [6.07, 6.45) is 1.98. The molecule has 5 heteroatoms. The molecule has 0 aliphatic heterocycles. The van der Waals surface area contributed by atoms with Crippen LogP contribution in [0.1, 0.15) is 12.6 Å². The molecule has 2 rings (SSSR count). The minimum absolute atomic E-state index is 0.745. The largest absolute Gasteiger partial charge is 0.496 e. The van der Waals surface area contributed by atoms with E-state index in [1.807, 2.05) is 57.3 Å². The van der Waals surface area contributed by atoms with E-state index in [2.05, 4.69) is 15.1 Å². The summed E-state index contributed by atoms with van der Waals surface area (Å²) in [5, 5.41) is 8.32. The van der Waals surface area contributed by atoms with Crippen molar-refractivity contribution in [1.82, 2.24) is 10.2 Å². The Kier molecular flexibility index (Phi) is 4.99. The van der Waals surface area contributed by atoms with E-state index in [0.717, 1.165) is 40.6 Å². The first-order chi connectivity index (χ1) is 10.5. The van der Waals surface area contributed by atoms with Crippen molar-refractivity contribution in [1.29, 1.82) is 0 Å². The number of nitrogens with two attached hydrogens (primary N) is 1. The van der Waals surface area contributed by atoms with Crippen LogP contribution in [0.5, 0.6) is 5.75 Å². The number of aryl methyl sites for hydroxylation is 1. The first-order valence-corrected chi connectivity index (χ1v) is 7.13. The number of hydrogen-bond acceptors (Lipinski definition) is 5. The van der Waals surface area contributed by atoms with Crippen LogP contribution >= 0.6 is 0 Å². The van der Waals surface area contributed by atoms with E-state index >= 15 is 0 Å². The summed E-state index contributed by atoms with van der Waals surface area (Å²) < 4.78 is 5.51. The van der Waals surface area contributed by atoms with Gasteiger partial charge in [0, 0.05) is 36.6 Å². The molecule has 0 fully saturated rings. The van der Waals surface area contributed by atoms with Gasteiger partial charge in [0.25, 0.3) is 0 Å². The van der Waals surface area contributed by atoms with Gasteiger partial charge in [-0.3, -0.25) is 0 Å². The molecule has 1 aromatic carbocycles. The molecule has 1 aromatic heterocycles. The van der Waals surface area contributed by atoms with Crippen molar-refractivity contribution in [2.45, 2.75) is 13.8 Å². The van der Waals surface area contributed by atoms with Crippen molar-refractivity contribution in [2.75, 3.05) is 25.6 Å². The van der Waals surface area contributed by atoms with E-state index in [-0.39, 0.29) is 0 Å². The summed E-state index contributed by atoms with van der Waals surface area (Å²) in [6, 6.07) is 9.93. The Morgan fingerprint density at radius 3 is 2.64 bits per heavy atom. The van der Waals surface area contributed by atoms with Crippen LogP contribution in [0.2, 0.25) is 0 Å². The molecule has 22 heavy (non-hydrogen) atoms. The van der Waals surface area contributed by atoms with Gasteiger partial charge in [-0.05, 0) is 44.2 Å². The number of aromatic nitrogens is 2. The molecular formula is C17H22N4O. The smallest absolute Gasteiger partial charge is 0.130 e. The van der Waals surface area contributed by atoms with E-state index < -0.39 is 0 Å². The van der Waals surface area contributed by atoms with Crippen LogP contribution in [0.15, 0.2) is 42.1 Å². The molecule has 0 aliphatic carbocycles. The summed E-state index contributed by atoms with van der Waals surface area (Å²) in [7, 11) is 3.67. The number of ether oxygens (including phenoxy) is 1. The lowest BCUT2D eigenvalue weighted by Crippen LogP contribution is -2.17. The summed E-state index contributed by atoms with van der Waals surface area (Å²) >= 11 is 0. The zero-order valence-electron chi connectivity index (χ0n) is 13.5. The van der Waals surface area contributed by atoms with Gasteiger partial charge < -0.3 is 15.4 Å². The predicted molar refractivity (Wildman–Crippen MR) is 90.0 cm³/mol.